The minimum atomic E-state index is 0.658. The van der Waals surface area contributed by atoms with Crippen LogP contribution in [-0.4, -0.2) is 0 Å². The van der Waals surface area contributed by atoms with E-state index in [1.807, 2.05) is 25.1 Å². The first kappa shape index (κ1) is 7.17. The number of para-hydroxylation sites is 1. The highest BCUT2D eigenvalue weighted by molar-refractivity contribution is 7.80. The van der Waals surface area contributed by atoms with E-state index in [0.29, 0.717) is 5.69 Å². The van der Waals surface area contributed by atoms with Crippen LogP contribution in [0.25, 0.3) is 4.85 Å². The Morgan fingerprint density at radius 1 is 1.50 bits per heavy atom. The van der Waals surface area contributed by atoms with Gasteiger partial charge < -0.3 is 0 Å². The number of benzene rings is 1. The summed E-state index contributed by atoms with van der Waals surface area (Å²) in [6.07, 6.45) is 0. The van der Waals surface area contributed by atoms with Gasteiger partial charge in [-0.25, -0.2) is 4.85 Å². The van der Waals surface area contributed by atoms with Gasteiger partial charge >= 0.3 is 0 Å². The van der Waals surface area contributed by atoms with Crippen molar-refractivity contribution in [3.63, 3.8) is 0 Å². The highest BCUT2D eigenvalue weighted by atomic mass is 32.1. The van der Waals surface area contributed by atoms with E-state index < -0.39 is 0 Å². The lowest BCUT2D eigenvalue weighted by Gasteiger charge is -1.97. The molecule has 1 nitrogen and oxygen atoms in total. The fourth-order valence-corrected chi connectivity index (χ4v) is 1.10. The maximum Gasteiger partial charge on any atom is 0.203 e. The van der Waals surface area contributed by atoms with E-state index in [1.165, 1.54) is 0 Å². The lowest BCUT2D eigenvalue weighted by molar-refractivity contribution is 1.39. The van der Waals surface area contributed by atoms with E-state index in [1.54, 1.807) is 0 Å². The van der Waals surface area contributed by atoms with Crippen molar-refractivity contribution in [3.8, 4) is 0 Å². The SMILES string of the molecule is [C-]#[N+]c1c(C)cccc1S. The highest BCUT2D eigenvalue weighted by Gasteiger charge is 1.98. The average molecular weight is 149 g/mol. The summed E-state index contributed by atoms with van der Waals surface area (Å²) in [5, 5.41) is 0. The summed E-state index contributed by atoms with van der Waals surface area (Å²) in [6, 6.07) is 5.63. The molecule has 10 heavy (non-hydrogen) atoms. The van der Waals surface area contributed by atoms with Crippen molar-refractivity contribution in [2.75, 3.05) is 0 Å². The molecule has 50 valence electrons. The molecule has 1 rings (SSSR count). The van der Waals surface area contributed by atoms with Crippen LogP contribution >= 0.6 is 12.6 Å². The Labute approximate surface area is 65.9 Å². The van der Waals surface area contributed by atoms with Crippen molar-refractivity contribution in [1.29, 1.82) is 0 Å². The molecule has 0 amide bonds. The van der Waals surface area contributed by atoms with Crippen molar-refractivity contribution < 1.29 is 0 Å². The second-order valence-electron chi connectivity index (χ2n) is 2.05. The smallest absolute Gasteiger partial charge is 0.203 e. The predicted octanol–water partition coefficient (Wildman–Crippen LogP) is 2.83. The Balaban J connectivity index is 3.34. The van der Waals surface area contributed by atoms with E-state index in [0.717, 1.165) is 10.5 Å². The molecule has 0 saturated carbocycles. The summed E-state index contributed by atoms with van der Waals surface area (Å²) in [4.78, 5) is 4.10. The lowest BCUT2D eigenvalue weighted by atomic mass is 10.2. The van der Waals surface area contributed by atoms with Gasteiger partial charge in [0.15, 0.2) is 0 Å². The second kappa shape index (κ2) is 2.76. The fraction of sp³-hybridized carbons (Fsp3) is 0.125. The van der Waals surface area contributed by atoms with Crippen LogP contribution < -0.4 is 0 Å². The van der Waals surface area contributed by atoms with E-state index in [2.05, 4.69) is 17.5 Å². The molecule has 2 heteroatoms. The Hall–Kier alpha value is -0.940. The first-order valence-electron chi connectivity index (χ1n) is 2.91. The van der Waals surface area contributed by atoms with Gasteiger partial charge in [-0.15, -0.1) is 0 Å². The zero-order chi connectivity index (χ0) is 7.56. The largest absolute Gasteiger partial charge is 0.237 e. The molecule has 0 spiro atoms. The van der Waals surface area contributed by atoms with Crippen LogP contribution in [0.15, 0.2) is 23.1 Å². The van der Waals surface area contributed by atoms with Crippen molar-refractivity contribution in [2.24, 2.45) is 0 Å². The van der Waals surface area contributed by atoms with Gasteiger partial charge in [0.1, 0.15) is 0 Å². The van der Waals surface area contributed by atoms with E-state index >= 15 is 0 Å². The lowest BCUT2D eigenvalue weighted by Crippen LogP contribution is -1.72. The van der Waals surface area contributed by atoms with Gasteiger partial charge in [-0.05, 0) is 12.5 Å². The van der Waals surface area contributed by atoms with Crippen LogP contribution in [0.5, 0.6) is 0 Å². The van der Waals surface area contributed by atoms with Gasteiger partial charge in [-0.3, -0.25) is 0 Å². The maximum absolute atomic E-state index is 6.80. The molecular weight excluding hydrogens is 142 g/mol. The number of aryl methyl sites for hydroxylation is 1. The normalized spacial score (nSPS) is 8.90. The van der Waals surface area contributed by atoms with Crippen LogP contribution in [0, 0.1) is 13.5 Å². The van der Waals surface area contributed by atoms with Crippen molar-refractivity contribution in [1.82, 2.24) is 0 Å². The van der Waals surface area contributed by atoms with Crippen LogP contribution in [0.2, 0.25) is 0 Å². The van der Waals surface area contributed by atoms with Crippen molar-refractivity contribution in [3.05, 3.63) is 35.2 Å². The molecule has 0 aliphatic rings. The third-order valence-corrected chi connectivity index (χ3v) is 1.69. The third-order valence-electron chi connectivity index (χ3n) is 1.33. The van der Waals surface area contributed by atoms with Crippen LogP contribution in [0.3, 0.4) is 0 Å². The molecule has 0 aliphatic heterocycles. The maximum atomic E-state index is 6.80. The number of rotatable bonds is 0. The first-order valence-corrected chi connectivity index (χ1v) is 3.36. The fourth-order valence-electron chi connectivity index (χ4n) is 0.789. The first-order chi connectivity index (χ1) is 4.75. The summed E-state index contributed by atoms with van der Waals surface area (Å²) in [7, 11) is 0. The molecule has 0 radical (unpaired) electrons. The molecule has 0 atom stereocenters. The minimum Gasteiger partial charge on any atom is -0.237 e. The average Bonchev–Trinajstić information content (AvgIpc) is 1.88. The standard InChI is InChI=1S/C8H7NS/c1-6-4-3-5-7(10)8(6)9-2/h3-5,10H,1H3. The van der Waals surface area contributed by atoms with E-state index in [-0.39, 0.29) is 0 Å². The van der Waals surface area contributed by atoms with Crippen LogP contribution in [0.1, 0.15) is 5.56 Å². The Morgan fingerprint density at radius 3 is 2.60 bits per heavy atom. The van der Waals surface area contributed by atoms with Gasteiger partial charge in [-0.2, -0.15) is 12.6 Å². The van der Waals surface area contributed by atoms with Gasteiger partial charge in [0, 0.05) is 4.90 Å². The molecule has 0 N–H and O–H groups in total. The predicted molar refractivity (Wildman–Crippen MR) is 44.7 cm³/mol. The van der Waals surface area contributed by atoms with E-state index in [9.17, 15) is 0 Å². The Bertz CT molecular complexity index is 266. The van der Waals surface area contributed by atoms with Gasteiger partial charge in [0.2, 0.25) is 5.69 Å². The zero-order valence-electron chi connectivity index (χ0n) is 5.63. The molecule has 0 aliphatic carbocycles. The summed E-state index contributed by atoms with van der Waals surface area (Å²) in [5.74, 6) is 0. The second-order valence-corrected chi connectivity index (χ2v) is 2.54. The molecule has 0 saturated heterocycles. The van der Waals surface area contributed by atoms with Crippen molar-refractivity contribution >= 4 is 18.3 Å². The molecular formula is C8H7NS. The quantitative estimate of drug-likeness (QED) is 0.427. The zero-order valence-corrected chi connectivity index (χ0v) is 6.52. The highest BCUT2D eigenvalue weighted by Crippen LogP contribution is 2.26. The number of hydrogen-bond donors (Lipinski definition) is 1. The number of hydrogen-bond acceptors (Lipinski definition) is 1. The Kier molecular flexibility index (Phi) is 1.98. The molecule has 0 heterocycles. The van der Waals surface area contributed by atoms with Gasteiger partial charge in [0.05, 0.1) is 6.57 Å². The summed E-state index contributed by atoms with van der Waals surface area (Å²) in [6.45, 7) is 8.71. The molecule has 0 bridgehead atoms. The van der Waals surface area contributed by atoms with E-state index in [4.69, 9.17) is 6.57 Å². The van der Waals surface area contributed by atoms with Gasteiger partial charge in [0.25, 0.3) is 0 Å². The molecule has 1 aromatic carbocycles. The summed E-state index contributed by atoms with van der Waals surface area (Å²) in [5.41, 5.74) is 1.65. The molecule has 0 unspecified atom stereocenters. The van der Waals surface area contributed by atoms with Gasteiger partial charge in [-0.1, -0.05) is 18.2 Å². The van der Waals surface area contributed by atoms with Crippen molar-refractivity contribution in [2.45, 2.75) is 11.8 Å². The monoisotopic (exact) mass is 149 g/mol. The third kappa shape index (κ3) is 1.14. The molecule has 0 aromatic heterocycles. The summed E-state index contributed by atoms with van der Waals surface area (Å²) >= 11 is 4.13. The van der Waals surface area contributed by atoms with Crippen LogP contribution in [0.4, 0.5) is 5.69 Å². The minimum absolute atomic E-state index is 0.658. The summed E-state index contributed by atoms with van der Waals surface area (Å²) < 4.78 is 0. The molecule has 0 fully saturated rings. The Morgan fingerprint density at radius 2 is 2.20 bits per heavy atom. The number of nitrogens with zero attached hydrogens (tertiary/aromatic N) is 1. The topological polar surface area (TPSA) is 4.36 Å². The number of thiol groups is 1. The molecule has 1 aromatic rings. The van der Waals surface area contributed by atoms with Crippen LogP contribution in [-0.2, 0) is 0 Å².